The Hall–Kier alpha value is -2.75. The molecule has 9 heteroatoms. The molecule has 1 fully saturated rings. The average Bonchev–Trinajstić information content (AvgIpc) is 3.20. The molecule has 26 heavy (non-hydrogen) atoms. The third-order valence-corrected chi connectivity index (χ3v) is 4.48. The second kappa shape index (κ2) is 6.52. The summed E-state index contributed by atoms with van der Waals surface area (Å²) in [5, 5.41) is 28.5. The lowest BCUT2D eigenvalue weighted by Gasteiger charge is -2.13. The lowest BCUT2D eigenvalue weighted by molar-refractivity contribution is -0.0432. The summed E-state index contributed by atoms with van der Waals surface area (Å²) < 4.78 is 7.23. The zero-order valence-electron chi connectivity index (χ0n) is 13.7. The number of hydrogen-bond donors (Lipinski definition) is 4. The van der Waals surface area contributed by atoms with Crippen molar-refractivity contribution in [3.63, 3.8) is 0 Å². The second-order valence-corrected chi connectivity index (χ2v) is 6.29. The molecule has 1 aliphatic rings. The number of phenolic OH excluding ortho intramolecular Hbond substituents is 1. The number of aliphatic hydroxyl groups excluding tert-OH is 2. The quantitative estimate of drug-likeness (QED) is 0.518. The number of fused-ring (bicyclic) bond motifs is 1. The maximum atomic E-state index is 12.3. The molecule has 4 rings (SSSR count). The molecule has 1 aromatic carbocycles. The van der Waals surface area contributed by atoms with Gasteiger partial charge in [0.2, 0.25) is 0 Å². The fraction of sp³-hybridized carbons (Fsp3) is 0.353. The normalized spacial score (nSPS) is 22.9. The van der Waals surface area contributed by atoms with E-state index in [-0.39, 0.29) is 29.9 Å². The van der Waals surface area contributed by atoms with Crippen molar-refractivity contribution in [1.29, 1.82) is 0 Å². The van der Waals surface area contributed by atoms with Crippen LogP contribution in [0.2, 0.25) is 0 Å². The van der Waals surface area contributed by atoms with Crippen LogP contribution in [0, 0.1) is 0 Å². The highest BCUT2D eigenvalue weighted by Crippen LogP contribution is 2.30. The van der Waals surface area contributed by atoms with E-state index in [1.807, 2.05) is 0 Å². The fourth-order valence-electron chi connectivity index (χ4n) is 3.12. The van der Waals surface area contributed by atoms with Gasteiger partial charge < -0.3 is 25.0 Å². The summed E-state index contributed by atoms with van der Waals surface area (Å²) in [4.78, 5) is 23.6. The molecule has 3 atom stereocenters. The summed E-state index contributed by atoms with van der Waals surface area (Å²) in [5.74, 6) is 0.617. The highest BCUT2D eigenvalue weighted by Gasteiger charge is 2.35. The fourth-order valence-corrected chi connectivity index (χ4v) is 3.12. The first kappa shape index (κ1) is 16.7. The number of hydrogen-bond acceptors (Lipinski definition) is 7. The number of H-pyrrole nitrogens is 1. The van der Waals surface area contributed by atoms with Gasteiger partial charge in [-0.3, -0.25) is 9.36 Å². The van der Waals surface area contributed by atoms with Gasteiger partial charge in [-0.15, -0.1) is 0 Å². The molecule has 0 spiro atoms. The largest absolute Gasteiger partial charge is 0.508 e. The van der Waals surface area contributed by atoms with Crippen molar-refractivity contribution in [2.45, 2.75) is 31.3 Å². The molecule has 9 nitrogen and oxygen atoms in total. The van der Waals surface area contributed by atoms with Crippen molar-refractivity contribution >= 4 is 11.2 Å². The molecule has 0 radical (unpaired) electrons. The van der Waals surface area contributed by atoms with Crippen LogP contribution in [0.25, 0.3) is 11.2 Å². The first-order valence-corrected chi connectivity index (χ1v) is 8.23. The number of ether oxygens (including phenoxy) is 1. The van der Waals surface area contributed by atoms with Crippen LogP contribution in [-0.2, 0) is 11.2 Å². The maximum absolute atomic E-state index is 12.3. The molecular weight excluding hydrogens is 340 g/mol. The molecule has 0 bridgehead atoms. The third kappa shape index (κ3) is 2.96. The lowest BCUT2D eigenvalue weighted by Crippen LogP contribution is -2.24. The average molecular weight is 358 g/mol. The number of aromatic nitrogens is 4. The monoisotopic (exact) mass is 358 g/mol. The number of nitrogens with zero attached hydrogens (tertiary/aromatic N) is 3. The van der Waals surface area contributed by atoms with Crippen LogP contribution in [0.3, 0.4) is 0 Å². The molecule has 1 saturated heterocycles. The predicted molar refractivity (Wildman–Crippen MR) is 90.7 cm³/mol. The van der Waals surface area contributed by atoms with Crippen molar-refractivity contribution in [1.82, 2.24) is 19.5 Å². The molecule has 0 amide bonds. The number of nitrogens with one attached hydrogen (secondary N) is 1. The minimum atomic E-state index is -0.791. The Morgan fingerprint density at radius 2 is 2.08 bits per heavy atom. The van der Waals surface area contributed by atoms with Gasteiger partial charge in [-0.2, -0.15) is 0 Å². The highest BCUT2D eigenvalue weighted by molar-refractivity contribution is 5.69. The molecule has 4 N–H and O–H groups in total. The summed E-state index contributed by atoms with van der Waals surface area (Å²) >= 11 is 0. The Balaban J connectivity index is 1.69. The smallest absolute Gasteiger partial charge is 0.279 e. The van der Waals surface area contributed by atoms with E-state index in [1.165, 1.54) is 6.33 Å². The van der Waals surface area contributed by atoms with Gasteiger partial charge in [-0.25, -0.2) is 9.97 Å². The molecule has 136 valence electrons. The van der Waals surface area contributed by atoms with E-state index in [1.54, 1.807) is 28.8 Å². The number of phenols is 1. The van der Waals surface area contributed by atoms with Crippen molar-refractivity contribution in [3.8, 4) is 5.75 Å². The van der Waals surface area contributed by atoms with Crippen molar-refractivity contribution in [3.05, 3.63) is 52.3 Å². The molecule has 1 aliphatic heterocycles. The van der Waals surface area contributed by atoms with Gasteiger partial charge in [0, 0.05) is 12.8 Å². The Labute approximate surface area is 147 Å². The zero-order valence-corrected chi connectivity index (χ0v) is 13.7. The number of benzene rings is 1. The number of imidazole rings is 1. The SMILES string of the molecule is O=c1[nH]c(Cc2ccc(O)cc2)nc2c1ncn2[C@H]1C[C@H](O)[C@@H](CO)O1. The van der Waals surface area contributed by atoms with E-state index in [4.69, 9.17) is 4.74 Å². The number of aliphatic hydroxyl groups is 2. The summed E-state index contributed by atoms with van der Waals surface area (Å²) in [6.07, 6.45) is 0.0940. The second-order valence-electron chi connectivity index (χ2n) is 6.29. The van der Waals surface area contributed by atoms with Crippen molar-refractivity contribution in [2.24, 2.45) is 0 Å². The molecule has 0 saturated carbocycles. The first-order chi connectivity index (χ1) is 12.5. The maximum Gasteiger partial charge on any atom is 0.279 e. The Morgan fingerprint density at radius 3 is 2.77 bits per heavy atom. The summed E-state index contributed by atoms with van der Waals surface area (Å²) in [5.41, 5.74) is 1.06. The van der Waals surface area contributed by atoms with Gasteiger partial charge in [0.25, 0.3) is 5.56 Å². The van der Waals surface area contributed by atoms with Crippen LogP contribution in [0.4, 0.5) is 0 Å². The van der Waals surface area contributed by atoms with Gasteiger partial charge in [0.1, 0.15) is 23.9 Å². The van der Waals surface area contributed by atoms with Crippen LogP contribution in [0.15, 0.2) is 35.4 Å². The van der Waals surface area contributed by atoms with Crippen LogP contribution in [0.1, 0.15) is 24.0 Å². The van der Waals surface area contributed by atoms with E-state index in [0.29, 0.717) is 17.9 Å². The van der Waals surface area contributed by atoms with Crippen LogP contribution in [0.5, 0.6) is 5.75 Å². The first-order valence-electron chi connectivity index (χ1n) is 8.23. The Bertz CT molecular complexity index is 981. The number of rotatable bonds is 4. The Kier molecular flexibility index (Phi) is 4.19. The van der Waals surface area contributed by atoms with Gasteiger partial charge in [0.15, 0.2) is 11.2 Å². The van der Waals surface area contributed by atoms with Crippen LogP contribution >= 0.6 is 0 Å². The predicted octanol–water partition coefficient (Wildman–Crippen LogP) is 0.0567. The van der Waals surface area contributed by atoms with E-state index in [0.717, 1.165) is 5.56 Å². The zero-order chi connectivity index (χ0) is 18.3. The van der Waals surface area contributed by atoms with Crippen molar-refractivity contribution < 1.29 is 20.1 Å². The van der Waals surface area contributed by atoms with E-state index in [2.05, 4.69) is 15.0 Å². The molecule has 0 aliphatic carbocycles. The molecule has 0 unspecified atom stereocenters. The van der Waals surface area contributed by atoms with Gasteiger partial charge in [-0.05, 0) is 17.7 Å². The minimum absolute atomic E-state index is 0.166. The standard InChI is InChI=1S/C17H18N4O5/c22-7-12-11(24)6-14(26-12)21-8-18-15-16(21)19-13(20-17(15)25)5-9-1-3-10(23)4-2-9/h1-4,8,11-12,14,22-24H,5-7H2,(H,19,20,25)/t11-,12+,14+/m0/s1. The van der Waals surface area contributed by atoms with E-state index < -0.39 is 18.4 Å². The van der Waals surface area contributed by atoms with Crippen LogP contribution < -0.4 is 5.56 Å². The minimum Gasteiger partial charge on any atom is -0.508 e. The summed E-state index contributed by atoms with van der Waals surface area (Å²) in [6.45, 7) is -0.287. The van der Waals surface area contributed by atoms with Gasteiger partial charge >= 0.3 is 0 Å². The number of aromatic hydroxyl groups is 1. The number of aromatic amines is 1. The molecular formula is C17H18N4O5. The molecule has 2 aromatic heterocycles. The van der Waals surface area contributed by atoms with Gasteiger partial charge in [-0.1, -0.05) is 12.1 Å². The molecule has 3 heterocycles. The Morgan fingerprint density at radius 1 is 1.31 bits per heavy atom. The topological polar surface area (TPSA) is 133 Å². The third-order valence-electron chi connectivity index (χ3n) is 4.48. The van der Waals surface area contributed by atoms with E-state index >= 15 is 0 Å². The highest BCUT2D eigenvalue weighted by atomic mass is 16.5. The summed E-state index contributed by atoms with van der Waals surface area (Å²) in [6, 6.07) is 6.64. The van der Waals surface area contributed by atoms with E-state index in [9.17, 15) is 20.1 Å². The molecule has 3 aromatic rings. The summed E-state index contributed by atoms with van der Waals surface area (Å²) in [7, 11) is 0. The van der Waals surface area contributed by atoms with Gasteiger partial charge in [0.05, 0.1) is 19.0 Å². The van der Waals surface area contributed by atoms with Crippen molar-refractivity contribution in [2.75, 3.05) is 6.61 Å². The van der Waals surface area contributed by atoms with Crippen LogP contribution in [-0.4, -0.2) is 53.7 Å². The lowest BCUT2D eigenvalue weighted by atomic mass is 10.1.